The topological polar surface area (TPSA) is 71.0 Å². The van der Waals surface area contributed by atoms with Crippen LogP contribution in [0.5, 0.6) is 0 Å². The summed E-state index contributed by atoms with van der Waals surface area (Å²) in [7, 11) is 0. The largest absolute Gasteiger partial charge is 0.361 e. The molecule has 2 aromatic rings. The Morgan fingerprint density at radius 2 is 2.24 bits per heavy atom. The predicted molar refractivity (Wildman–Crippen MR) is 93.7 cm³/mol. The Morgan fingerprint density at radius 3 is 3.04 bits per heavy atom. The number of H-pyrrole nitrogens is 1. The van der Waals surface area contributed by atoms with Gasteiger partial charge in [0, 0.05) is 49.8 Å². The molecule has 0 spiro atoms. The highest BCUT2D eigenvalue weighted by Crippen LogP contribution is 2.29. The van der Waals surface area contributed by atoms with Gasteiger partial charge in [0.25, 0.3) is 5.91 Å². The molecule has 1 N–H and O–H groups in total. The summed E-state index contributed by atoms with van der Waals surface area (Å²) in [5.74, 6) is 0.555. The van der Waals surface area contributed by atoms with Crippen LogP contribution in [0, 0.1) is 12.8 Å². The molecule has 2 aromatic heterocycles. The fraction of sp³-hybridized carbons (Fsp3) is 0.526. The maximum Gasteiger partial charge on any atom is 0.256 e. The number of amides is 1. The second kappa shape index (κ2) is 6.50. The third-order valence-corrected chi connectivity index (χ3v) is 5.42. The van der Waals surface area contributed by atoms with Gasteiger partial charge in [-0.3, -0.25) is 9.59 Å². The maximum absolute atomic E-state index is 13.2. The molecule has 6 nitrogen and oxygen atoms in total. The predicted octanol–water partition coefficient (Wildman–Crippen LogP) is 2.59. The van der Waals surface area contributed by atoms with Gasteiger partial charge in [-0.1, -0.05) is 0 Å². The second-order valence-electron chi connectivity index (χ2n) is 7.27. The number of ketones is 1. The molecule has 0 bridgehead atoms. The highest BCUT2D eigenvalue weighted by molar-refractivity contribution is 6.10. The number of aromatic nitrogens is 3. The lowest BCUT2D eigenvalue weighted by molar-refractivity contribution is 0.0657. The number of carbonyl (C=O) groups excluding carboxylic acids is 2. The first-order valence-electron chi connectivity index (χ1n) is 9.13. The number of nitrogens with one attached hydrogen (secondary N) is 1. The molecule has 1 unspecified atom stereocenters. The lowest BCUT2D eigenvalue weighted by atomic mass is 9.91. The summed E-state index contributed by atoms with van der Waals surface area (Å²) in [5, 5.41) is 0. The van der Waals surface area contributed by atoms with Gasteiger partial charge in [0.1, 0.15) is 0 Å². The van der Waals surface area contributed by atoms with Crippen molar-refractivity contribution in [3.05, 3.63) is 41.2 Å². The quantitative estimate of drug-likeness (QED) is 0.933. The number of Topliss-reactive ketones (excluding diaryl/α,β-unsaturated/α-hetero) is 1. The zero-order chi connectivity index (χ0) is 17.4. The van der Waals surface area contributed by atoms with Crippen molar-refractivity contribution in [3.8, 4) is 0 Å². The normalized spacial score (nSPS) is 20.6. The summed E-state index contributed by atoms with van der Waals surface area (Å²) in [5.41, 5.74) is 3.06. The first-order valence-corrected chi connectivity index (χ1v) is 9.13. The van der Waals surface area contributed by atoms with Gasteiger partial charge in [0.2, 0.25) is 0 Å². The Morgan fingerprint density at radius 1 is 1.36 bits per heavy atom. The van der Waals surface area contributed by atoms with Gasteiger partial charge in [0.05, 0.1) is 17.5 Å². The van der Waals surface area contributed by atoms with E-state index in [9.17, 15) is 9.59 Å². The van der Waals surface area contributed by atoms with E-state index in [1.807, 2.05) is 24.3 Å². The van der Waals surface area contributed by atoms with Crippen LogP contribution in [-0.4, -0.2) is 44.2 Å². The number of aryl methyl sites for hydroxylation is 2. The SMILES string of the molecule is Cc1[nH]c2c(c1C(=O)N1CCCC(Cn3ccnc3)C1)C(=O)CCC2. The Labute approximate surface area is 147 Å². The molecule has 1 aliphatic carbocycles. The molecule has 0 aromatic carbocycles. The summed E-state index contributed by atoms with van der Waals surface area (Å²) in [4.78, 5) is 34.9. The van der Waals surface area contributed by atoms with E-state index in [1.54, 1.807) is 6.20 Å². The Bertz CT molecular complexity index is 791. The van der Waals surface area contributed by atoms with Crippen molar-refractivity contribution >= 4 is 11.7 Å². The average molecular weight is 340 g/mol. The molecule has 4 rings (SSSR count). The van der Waals surface area contributed by atoms with Crippen molar-refractivity contribution in [2.24, 2.45) is 5.92 Å². The fourth-order valence-corrected chi connectivity index (χ4v) is 4.25. The number of aromatic amines is 1. The Hall–Kier alpha value is -2.37. The number of imidazole rings is 1. The molecule has 1 aliphatic heterocycles. The fourth-order valence-electron chi connectivity index (χ4n) is 4.25. The van der Waals surface area contributed by atoms with Crippen molar-refractivity contribution in [2.45, 2.75) is 45.6 Å². The van der Waals surface area contributed by atoms with Gasteiger partial charge in [-0.15, -0.1) is 0 Å². The molecule has 0 radical (unpaired) electrons. The van der Waals surface area contributed by atoms with Crippen LogP contribution in [0.25, 0.3) is 0 Å². The molecule has 1 atom stereocenters. The zero-order valence-electron chi connectivity index (χ0n) is 14.6. The van der Waals surface area contributed by atoms with Crippen LogP contribution in [0.3, 0.4) is 0 Å². The van der Waals surface area contributed by atoms with Gasteiger partial charge in [-0.25, -0.2) is 4.98 Å². The number of hydrogen-bond acceptors (Lipinski definition) is 3. The number of likely N-dealkylation sites (tertiary alicyclic amines) is 1. The van der Waals surface area contributed by atoms with E-state index in [2.05, 4.69) is 14.5 Å². The number of rotatable bonds is 3. The van der Waals surface area contributed by atoms with E-state index in [0.717, 1.165) is 56.7 Å². The molecule has 3 heterocycles. The monoisotopic (exact) mass is 340 g/mol. The van der Waals surface area contributed by atoms with E-state index in [1.165, 1.54) is 0 Å². The summed E-state index contributed by atoms with van der Waals surface area (Å²) < 4.78 is 2.07. The van der Waals surface area contributed by atoms with Gasteiger partial charge < -0.3 is 14.5 Å². The molecule has 2 aliphatic rings. The van der Waals surface area contributed by atoms with Gasteiger partial charge in [0.15, 0.2) is 5.78 Å². The molecule has 1 saturated heterocycles. The van der Waals surface area contributed by atoms with E-state index < -0.39 is 0 Å². The van der Waals surface area contributed by atoms with Crippen molar-refractivity contribution in [2.75, 3.05) is 13.1 Å². The number of fused-ring (bicyclic) bond motifs is 1. The standard InChI is InChI=1S/C19H24N4O2/c1-13-17(18-15(21-13)5-2-6-16(18)24)19(25)23-8-3-4-14(11-23)10-22-9-7-20-12-22/h7,9,12,14,21H,2-6,8,10-11H2,1H3. The van der Waals surface area contributed by atoms with Crippen LogP contribution in [0.1, 0.15) is 57.8 Å². The van der Waals surface area contributed by atoms with Crippen LogP contribution in [0.4, 0.5) is 0 Å². The van der Waals surface area contributed by atoms with Gasteiger partial charge >= 0.3 is 0 Å². The second-order valence-corrected chi connectivity index (χ2v) is 7.27. The molecule has 1 fully saturated rings. The lowest BCUT2D eigenvalue weighted by Gasteiger charge is -2.33. The van der Waals surface area contributed by atoms with Crippen LogP contribution in [0.2, 0.25) is 0 Å². The first-order chi connectivity index (χ1) is 12.1. The highest BCUT2D eigenvalue weighted by Gasteiger charge is 2.32. The lowest BCUT2D eigenvalue weighted by Crippen LogP contribution is -2.41. The van der Waals surface area contributed by atoms with Crippen LogP contribution < -0.4 is 0 Å². The van der Waals surface area contributed by atoms with E-state index >= 15 is 0 Å². The van der Waals surface area contributed by atoms with Crippen LogP contribution >= 0.6 is 0 Å². The minimum absolute atomic E-state index is 0.0144. The molecule has 6 heteroatoms. The van der Waals surface area contributed by atoms with Gasteiger partial charge in [-0.05, 0) is 38.5 Å². The highest BCUT2D eigenvalue weighted by atomic mass is 16.2. The number of carbonyl (C=O) groups is 2. The Kier molecular flexibility index (Phi) is 4.19. The zero-order valence-corrected chi connectivity index (χ0v) is 14.6. The van der Waals surface area contributed by atoms with E-state index in [-0.39, 0.29) is 11.7 Å². The molecule has 25 heavy (non-hydrogen) atoms. The van der Waals surface area contributed by atoms with Gasteiger partial charge in [-0.2, -0.15) is 0 Å². The number of hydrogen-bond donors (Lipinski definition) is 1. The smallest absolute Gasteiger partial charge is 0.256 e. The molecular formula is C19H24N4O2. The maximum atomic E-state index is 13.2. The molecule has 132 valence electrons. The van der Waals surface area contributed by atoms with E-state index in [0.29, 0.717) is 23.5 Å². The average Bonchev–Trinajstić information content (AvgIpc) is 3.22. The minimum Gasteiger partial charge on any atom is -0.361 e. The van der Waals surface area contributed by atoms with Crippen molar-refractivity contribution in [1.29, 1.82) is 0 Å². The molecule has 0 saturated carbocycles. The number of piperidine rings is 1. The van der Waals surface area contributed by atoms with Crippen molar-refractivity contribution < 1.29 is 9.59 Å². The molecule has 1 amide bonds. The summed E-state index contributed by atoms with van der Waals surface area (Å²) >= 11 is 0. The third kappa shape index (κ3) is 3.01. The summed E-state index contributed by atoms with van der Waals surface area (Å²) in [6.07, 6.45) is 9.98. The minimum atomic E-state index is 0.0144. The summed E-state index contributed by atoms with van der Waals surface area (Å²) in [6.45, 7) is 4.30. The number of nitrogens with zero attached hydrogens (tertiary/aromatic N) is 3. The van der Waals surface area contributed by atoms with Crippen molar-refractivity contribution in [3.63, 3.8) is 0 Å². The first kappa shape index (κ1) is 16.1. The van der Waals surface area contributed by atoms with E-state index in [4.69, 9.17) is 0 Å². The van der Waals surface area contributed by atoms with Crippen molar-refractivity contribution in [1.82, 2.24) is 19.4 Å². The summed E-state index contributed by atoms with van der Waals surface area (Å²) in [6, 6.07) is 0. The third-order valence-electron chi connectivity index (χ3n) is 5.42. The molecular weight excluding hydrogens is 316 g/mol. The Balaban J connectivity index is 1.55. The van der Waals surface area contributed by atoms with Crippen LogP contribution in [-0.2, 0) is 13.0 Å². The van der Waals surface area contributed by atoms with Crippen LogP contribution in [0.15, 0.2) is 18.7 Å².